The molecule has 0 radical (unpaired) electrons. The smallest absolute Gasteiger partial charge is 0.196 e. The fourth-order valence-electron chi connectivity index (χ4n) is 4.03. The standard InChI is InChI=1S/C31H36O3/c1-22(2)20-21-31(5,30(33)27-18-16-24(17-19-27)23(3)4)34-29(26-14-10-7-11-15-26)28(32)25-12-8-6-9-13-25/h6-19,22-23,29H,20-21H2,1-5H3. The molecular weight excluding hydrogens is 420 g/mol. The van der Waals surface area contributed by atoms with Gasteiger partial charge in [0.1, 0.15) is 11.7 Å². The van der Waals surface area contributed by atoms with Crippen molar-refractivity contribution in [3.63, 3.8) is 0 Å². The van der Waals surface area contributed by atoms with Gasteiger partial charge in [-0.15, -0.1) is 0 Å². The van der Waals surface area contributed by atoms with E-state index >= 15 is 0 Å². The zero-order chi connectivity index (χ0) is 24.7. The van der Waals surface area contributed by atoms with Crippen LogP contribution in [0.1, 0.15) is 91.3 Å². The van der Waals surface area contributed by atoms with Crippen molar-refractivity contribution >= 4 is 11.6 Å². The minimum absolute atomic E-state index is 0.0924. The minimum atomic E-state index is -1.14. The highest BCUT2D eigenvalue weighted by Crippen LogP contribution is 2.34. The first-order chi connectivity index (χ1) is 16.2. The van der Waals surface area contributed by atoms with E-state index in [1.165, 1.54) is 5.56 Å². The van der Waals surface area contributed by atoms with Crippen LogP contribution in [0.4, 0.5) is 0 Å². The Bertz CT molecular complexity index is 1070. The second-order valence-corrected chi connectivity index (χ2v) is 9.91. The van der Waals surface area contributed by atoms with E-state index in [-0.39, 0.29) is 11.6 Å². The van der Waals surface area contributed by atoms with E-state index < -0.39 is 11.7 Å². The minimum Gasteiger partial charge on any atom is -0.351 e. The second kappa shape index (κ2) is 11.4. The second-order valence-electron chi connectivity index (χ2n) is 9.91. The van der Waals surface area contributed by atoms with Crippen molar-refractivity contribution in [2.24, 2.45) is 5.92 Å². The highest BCUT2D eigenvalue weighted by Gasteiger charge is 2.40. The molecule has 0 fully saturated rings. The van der Waals surface area contributed by atoms with Gasteiger partial charge in [-0.25, -0.2) is 0 Å². The maximum atomic E-state index is 13.8. The molecule has 0 saturated carbocycles. The number of ether oxygens (including phenoxy) is 1. The molecule has 0 aliphatic heterocycles. The van der Waals surface area contributed by atoms with Gasteiger partial charge >= 0.3 is 0 Å². The van der Waals surface area contributed by atoms with E-state index in [0.717, 1.165) is 12.0 Å². The molecule has 0 amide bonds. The Morgan fingerprint density at radius 1 is 0.735 bits per heavy atom. The van der Waals surface area contributed by atoms with Crippen LogP contribution in [0.15, 0.2) is 84.9 Å². The molecular formula is C31H36O3. The number of carbonyl (C=O) groups excluding carboxylic acids is 2. The lowest BCUT2D eigenvalue weighted by Gasteiger charge is -2.33. The molecule has 0 N–H and O–H groups in total. The average molecular weight is 457 g/mol. The van der Waals surface area contributed by atoms with Crippen molar-refractivity contribution in [3.05, 3.63) is 107 Å². The van der Waals surface area contributed by atoms with E-state index in [9.17, 15) is 9.59 Å². The fraction of sp³-hybridized carbons (Fsp3) is 0.355. The fourth-order valence-corrected chi connectivity index (χ4v) is 4.03. The quantitative estimate of drug-likeness (QED) is 0.276. The SMILES string of the molecule is CC(C)CCC(C)(OC(C(=O)c1ccccc1)c1ccccc1)C(=O)c1ccc(C(C)C)cc1. The van der Waals surface area contributed by atoms with Gasteiger partial charge in [0.25, 0.3) is 0 Å². The first-order valence-electron chi connectivity index (χ1n) is 12.2. The van der Waals surface area contributed by atoms with Crippen molar-refractivity contribution in [1.29, 1.82) is 0 Å². The normalized spacial score (nSPS) is 14.1. The van der Waals surface area contributed by atoms with Crippen LogP contribution >= 0.6 is 0 Å². The molecule has 3 aromatic carbocycles. The molecule has 34 heavy (non-hydrogen) atoms. The van der Waals surface area contributed by atoms with E-state index in [2.05, 4.69) is 27.7 Å². The van der Waals surface area contributed by atoms with Gasteiger partial charge in [-0.05, 0) is 42.7 Å². The zero-order valence-electron chi connectivity index (χ0n) is 21.0. The van der Waals surface area contributed by atoms with E-state index in [0.29, 0.717) is 29.4 Å². The van der Waals surface area contributed by atoms with Crippen molar-refractivity contribution in [2.45, 2.75) is 65.1 Å². The van der Waals surface area contributed by atoms with Crippen molar-refractivity contribution in [2.75, 3.05) is 0 Å². The van der Waals surface area contributed by atoms with Crippen LogP contribution in [0.3, 0.4) is 0 Å². The van der Waals surface area contributed by atoms with Crippen molar-refractivity contribution in [3.8, 4) is 0 Å². The average Bonchev–Trinajstić information content (AvgIpc) is 2.86. The summed E-state index contributed by atoms with van der Waals surface area (Å²) in [7, 11) is 0. The molecule has 0 aromatic heterocycles. The van der Waals surface area contributed by atoms with Crippen LogP contribution in [-0.4, -0.2) is 17.2 Å². The summed E-state index contributed by atoms with van der Waals surface area (Å²) in [4.78, 5) is 27.5. The van der Waals surface area contributed by atoms with E-state index in [1.807, 2.05) is 79.7 Å². The highest BCUT2D eigenvalue weighted by molar-refractivity contribution is 6.03. The first-order valence-corrected chi connectivity index (χ1v) is 12.2. The number of carbonyl (C=O) groups is 2. The molecule has 178 valence electrons. The molecule has 3 nitrogen and oxygen atoms in total. The summed E-state index contributed by atoms with van der Waals surface area (Å²) in [5.74, 6) is 0.550. The van der Waals surface area contributed by atoms with Crippen molar-refractivity contribution < 1.29 is 14.3 Å². The molecule has 0 aliphatic rings. The van der Waals surface area contributed by atoms with Crippen LogP contribution in [0, 0.1) is 5.92 Å². The van der Waals surface area contributed by atoms with Crippen LogP contribution in [-0.2, 0) is 4.74 Å². The summed E-state index contributed by atoms with van der Waals surface area (Å²) in [5, 5.41) is 0. The number of hydrogen-bond acceptors (Lipinski definition) is 3. The predicted molar refractivity (Wildman–Crippen MR) is 138 cm³/mol. The Morgan fingerprint density at radius 3 is 1.82 bits per heavy atom. The molecule has 3 rings (SSSR count). The van der Waals surface area contributed by atoms with Gasteiger partial charge in [0, 0.05) is 11.1 Å². The van der Waals surface area contributed by atoms with E-state index in [1.54, 1.807) is 12.1 Å². The number of benzene rings is 3. The van der Waals surface area contributed by atoms with E-state index in [4.69, 9.17) is 4.74 Å². The van der Waals surface area contributed by atoms with Crippen LogP contribution in [0.5, 0.6) is 0 Å². The molecule has 0 saturated heterocycles. The molecule has 0 aliphatic carbocycles. The third kappa shape index (κ3) is 6.30. The summed E-state index contributed by atoms with van der Waals surface area (Å²) in [6.45, 7) is 10.4. The lowest BCUT2D eigenvalue weighted by Crippen LogP contribution is -2.41. The van der Waals surface area contributed by atoms with Gasteiger partial charge < -0.3 is 4.74 Å². The molecule has 0 bridgehead atoms. The lowest BCUT2D eigenvalue weighted by molar-refractivity contribution is -0.0557. The highest BCUT2D eigenvalue weighted by atomic mass is 16.5. The topological polar surface area (TPSA) is 43.4 Å². The lowest BCUT2D eigenvalue weighted by atomic mass is 9.86. The van der Waals surface area contributed by atoms with Crippen LogP contribution in [0.25, 0.3) is 0 Å². The Balaban J connectivity index is 2.00. The van der Waals surface area contributed by atoms with Crippen LogP contribution in [0.2, 0.25) is 0 Å². The maximum Gasteiger partial charge on any atom is 0.196 e. The largest absolute Gasteiger partial charge is 0.351 e. The summed E-state index contributed by atoms with van der Waals surface area (Å²) in [5.41, 5.74) is 1.96. The Morgan fingerprint density at radius 2 is 1.29 bits per heavy atom. The van der Waals surface area contributed by atoms with Crippen LogP contribution < -0.4 is 0 Å². The summed E-state index contributed by atoms with van der Waals surface area (Å²) in [6, 6.07) is 26.4. The van der Waals surface area contributed by atoms with Gasteiger partial charge in [-0.1, -0.05) is 113 Å². The maximum absolute atomic E-state index is 13.8. The van der Waals surface area contributed by atoms with Gasteiger partial charge in [-0.2, -0.15) is 0 Å². The number of rotatable bonds is 11. The molecule has 2 unspecified atom stereocenters. The summed E-state index contributed by atoms with van der Waals surface area (Å²) < 4.78 is 6.59. The number of Topliss-reactive ketones (excluding diaryl/α,β-unsaturated/α-hetero) is 2. The van der Waals surface area contributed by atoms with Gasteiger partial charge in [0.05, 0.1) is 0 Å². The van der Waals surface area contributed by atoms with Gasteiger partial charge in [-0.3, -0.25) is 9.59 Å². The summed E-state index contributed by atoms with van der Waals surface area (Å²) >= 11 is 0. The number of ketones is 2. The third-order valence-electron chi connectivity index (χ3n) is 6.30. The zero-order valence-corrected chi connectivity index (χ0v) is 21.0. The Labute approximate surface area is 204 Å². The monoisotopic (exact) mass is 456 g/mol. The Kier molecular flexibility index (Phi) is 8.57. The molecule has 3 aromatic rings. The molecule has 0 heterocycles. The third-order valence-corrected chi connectivity index (χ3v) is 6.30. The number of hydrogen-bond donors (Lipinski definition) is 0. The molecule has 2 atom stereocenters. The van der Waals surface area contributed by atoms with Gasteiger partial charge in [0.2, 0.25) is 0 Å². The van der Waals surface area contributed by atoms with Crippen molar-refractivity contribution in [1.82, 2.24) is 0 Å². The molecule has 3 heteroatoms. The molecule has 0 spiro atoms. The van der Waals surface area contributed by atoms with Gasteiger partial charge in [0.15, 0.2) is 11.6 Å². The predicted octanol–water partition coefficient (Wildman–Crippen LogP) is 7.83. The first kappa shape index (κ1) is 25.6. The summed E-state index contributed by atoms with van der Waals surface area (Å²) in [6.07, 6.45) is 0.466. The Hall–Kier alpha value is -3.04.